The van der Waals surface area contributed by atoms with Gasteiger partial charge in [-0.2, -0.15) is 0 Å². The Balaban J connectivity index is 2.47. The van der Waals surface area contributed by atoms with Crippen LogP contribution in [0.5, 0.6) is 0 Å². The van der Waals surface area contributed by atoms with E-state index in [9.17, 15) is 0 Å². The van der Waals surface area contributed by atoms with E-state index in [0.29, 0.717) is 6.04 Å². The molecule has 1 heterocycles. The Morgan fingerprint density at radius 3 is 3.08 bits per heavy atom. The minimum atomic E-state index is 0.402. The van der Waals surface area contributed by atoms with Crippen molar-refractivity contribution in [2.24, 2.45) is 0 Å². The topological polar surface area (TPSA) is 38.0 Å². The Morgan fingerprint density at radius 2 is 2.25 bits per heavy atom. The second kappa shape index (κ2) is 2.55. The molecule has 3 N–H and O–H groups in total. The standard InChI is InChI=1S/C10H12N2/c1-7-2-3-8-4-5-9(11)6-10(8)12-7/h2-7,12H,11H2,1H3. The highest BCUT2D eigenvalue weighted by molar-refractivity contribution is 5.73. The lowest BCUT2D eigenvalue weighted by Crippen LogP contribution is -2.15. The zero-order valence-electron chi connectivity index (χ0n) is 7.04. The third kappa shape index (κ3) is 1.16. The second-order valence-electron chi connectivity index (χ2n) is 3.14. The molecular formula is C10H12N2. The summed E-state index contributed by atoms with van der Waals surface area (Å²) in [5.41, 5.74) is 8.81. The predicted octanol–water partition coefficient (Wildman–Crippen LogP) is 2.10. The Hall–Kier alpha value is -1.44. The number of nitrogens with one attached hydrogen (secondary N) is 1. The third-order valence-electron chi connectivity index (χ3n) is 2.02. The molecule has 0 amide bonds. The molecule has 2 nitrogen and oxygen atoms in total. The van der Waals surface area contributed by atoms with E-state index in [2.05, 4.69) is 24.4 Å². The van der Waals surface area contributed by atoms with Crippen LogP contribution in [0.4, 0.5) is 11.4 Å². The van der Waals surface area contributed by atoms with Crippen molar-refractivity contribution >= 4 is 17.5 Å². The highest BCUT2D eigenvalue weighted by Gasteiger charge is 2.07. The number of anilines is 2. The van der Waals surface area contributed by atoms with Crippen molar-refractivity contribution < 1.29 is 0 Å². The van der Waals surface area contributed by atoms with Crippen LogP contribution < -0.4 is 11.1 Å². The molecular weight excluding hydrogens is 148 g/mol. The molecule has 0 saturated heterocycles. The van der Waals surface area contributed by atoms with Gasteiger partial charge in [0.1, 0.15) is 0 Å². The average Bonchev–Trinajstić information content (AvgIpc) is 2.03. The van der Waals surface area contributed by atoms with Gasteiger partial charge in [0.2, 0.25) is 0 Å². The van der Waals surface area contributed by atoms with Crippen LogP contribution in [0.3, 0.4) is 0 Å². The minimum absolute atomic E-state index is 0.402. The molecule has 1 aromatic rings. The molecule has 0 radical (unpaired) electrons. The summed E-state index contributed by atoms with van der Waals surface area (Å²) in [4.78, 5) is 0. The fourth-order valence-electron chi connectivity index (χ4n) is 1.39. The fraction of sp³-hybridized carbons (Fsp3) is 0.200. The van der Waals surface area contributed by atoms with Gasteiger partial charge >= 0.3 is 0 Å². The molecule has 2 rings (SSSR count). The van der Waals surface area contributed by atoms with Gasteiger partial charge < -0.3 is 11.1 Å². The van der Waals surface area contributed by atoms with Gasteiger partial charge in [-0.1, -0.05) is 18.2 Å². The monoisotopic (exact) mass is 160 g/mol. The molecule has 1 atom stereocenters. The van der Waals surface area contributed by atoms with Crippen LogP contribution in [0.25, 0.3) is 6.08 Å². The third-order valence-corrected chi connectivity index (χ3v) is 2.02. The van der Waals surface area contributed by atoms with Gasteiger partial charge in [0.15, 0.2) is 0 Å². The van der Waals surface area contributed by atoms with Crippen LogP contribution in [0.2, 0.25) is 0 Å². The van der Waals surface area contributed by atoms with Gasteiger partial charge in [0, 0.05) is 17.4 Å². The van der Waals surface area contributed by atoms with E-state index in [1.54, 1.807) is 0 Å². The Bertz CT molecular complexity index is 329. The van der Waals surface area contributed by atoms with Gasteiger partial charge in [-0.05, 0) is 24.6 Å². The number of nitrogens with two attached hydrogens (primary N) is 1. The van der Waals surface area contributed by atoms with Gasteiger partial charge in [-0.15, -0.1) is 0 Å². The zero-order chi connectivity index (χ0) is 8.55. The molecule has 0 fully saturated rings. The molecule has 12 heavy (non-hydrogen) atoms. The van der Waals surface area contributed by atoms with Gasteiger partial charge in [0.25, 0.3) is 0 Å². The Morgan fingerprint density at radius 1 is 1.42 bits per heavy atom. The molecule has 0 saturated carbocycles. The van der Waals surface area contributed by atoms with Crippen molar-refractivity contribution in [2.45, 2.75) is 13.0 Å². The van der Waals surface area contributed by atoms with Crippen LogP contribution in [0.15, 0.2) is 24.3 Å². The van der Waals surface area contributed by atoms with Crippen LogP contribution >= 0.6 is 0 Å². The largest absolute Gasteiger partial charge is 0.399 e. The van der Waals surface area contributed by atoms with Crippen LogP contribution in [-0.2, 0) is 0 Å². The Kier molecular flexibility index (Phi) is 1.54. The molecule has 2 heteroatoms. The summed E-state index contributed by atoms with van der Waals surface area (Å²) >= 11 is 0. The molecule has 1 unspecified atom stereocenters. The van der Waals surface area contributed by atoms with E-state index in [-0.39, 0.29) is 0 Å². The summed E-state index contributed by atoms with van der Waals surface area (Å²) in [6.45, 7) is 2.11. The molecule has 0 aliphatic carbocycles. The molecule has 0 spiro atoms. The maximum atomic E-state index is 5.66. The number of fused-ring (bicyclic) bond motifs is 1. The first-order chi connectivity index (χ1) is 5.75. The lowest BCUT2D eigenvalue weighted by Gasteiger charge is -2.18. The fourth-order valence-corrected chi connectivity index (χ4v) is 1.39. The molecule has 1 aliphatic rings. The van der Waals surface area contributed by atoms with Crippen molar-refractivity contribution in [3.05, 3.63) is 29.8 Å². The minimum Gasteiger partial charge on any atom is -0.399 e. The lowest BCUT2D eigenvalue weighted by molar-refractivity contribution is 0.993. The van der Waals surface area contributed by atoms with E-state index >= 15 is 0 Å². The lowest BCUT2D eigenvalue weighted by atomic mass is 10.1. The number of benzene rings is 1. The molecule has 1 aliphatic heterocycles. The van der Waals surface area contributed by atoms with Gasteiger partial charge in [-0.25, -0.2) is 0 Å². The quantitative estimate of drug-likeness (QED) is 0.570. The van der Waals surface area contributed by atoms with Crippen molar-refractivity contribution in [1.82, 2.24) is 0 Å². The molecule has 1 aromatic carbocycles. The van der Waals surface area contributed by atoms with Crippen molar-refractivity contribution in [3.8, 4) is 0 Å². The average molecular weight is 160 g/mol. The SMILES string of the molecule is CC1C=Cc2ccc(N)cc2N1. The predicted molar refractivity (Wildman–Crippen MR) is 53.0 cm³/mol. The normalized spacial score (nSPS) is 19.9. The van der Waals surface area contributed by atoms with Crippen molar-refractivity contribution in [1.29, 1.82) is 0 Å². The van der Waals surface area contributed by atoms with E-state index in [1.165, 1.54) is 5.56 Å². The van der Waals surface area contributed by atoms with Crippen molar-refractivity contribution in [3.63, 3.8) is 0 Å². The first-order valence-corrected chi connectivity index (χ1v) is 4.10. The van der Waals surface area contributed by atoms with Gasteiger partial charge in [0.05, 0.1) is 0 Å². The van der Waals surface area contributed by atoms with Gasteiger partial charge in [-0.3, -0.25) is 0 Å². The first-order valence-electron chi connectivity index (χ1n) is 4.10. The summed E-state index contributed by atoms with van der Waals surface area (Å²) in [6, 6.07) is 6.32. The van der Waals surface area contributed by atoms with E-state index in [0.717, 1.165) is 11.4 Å². The number of nitrogen functional groups attached to an aromatic ring is 1. The maximum Gasteiger partial charge on any atom is 0.0438 e. The highest BCUT2D eigenvalue weighted by atomic mass is 14.9. The van der Waals surface area contributed by atoms with E-state index in [4.69, 9.17) is 5.73 Å². The summed E-state index contributed by atoms with van der Waals surface area (Å²) in [6.07, 6.45) is 4.26. The number of hydrogen-bond donors (Lipinski definition) is 2. The zero-order valence-corrected chi connectivity index (χ0v) is 7.04. The number of hydrogen-bond acceptors (Lipinski definition) is 2. The van der Waals surface area contributed by atoms with Crippen LogP contribution in [-0.4, -0.2) is 6.04 Å². The number of rotatable bonds is 0. The molecule has 0 aromatic heterocycles. The van der Waals surface area contributed by atoms with Crippen LogP contribution in [0.1, 0.15) is 12.5 Å². The highest BCUT2D eigenvalue weighted by Crippen LogP contribution is 2.24. The van der Waals surface area contributed by atoms with E-state index < -0.39 is 0 Å². The summed E-state index contributed by atoms with van der Waals surface area (Å²) < 4.78 is 0. The summed E-state index contributed by atoms with van der Waals surface area (Å²) in [7, 11) is 0. The second-order valence-corrected chi connectivity index (χ2v) is 3.14. The maximum absolute atomic E-state index is 5.66. The summed E-state index contributed by atoms with van der Waals surface area (Å²) in [5, 5.41) is 3.33. The first kappa shape index (κ1) is 7.22. The summed E-state index contributed by atoms with van der Waals surface area (Å²) in [5.74, 6) is 0. The smallest absolute Gasteiger partial charge is 0.0438 e. The Labute approximate surface area is 72.1 Å². The molecule has 0 bridgehead atoms. The van der Waals surface area contributed by atoms with Crippen molar-refractivity contribution in [2.75, 3.05) is 11.1 Å². The van der Waals surface area contributed by atoms with Crippen LogP contribution in [0, 0.1) is 0 Å². The van der Waals surface area contributed by atoms with E-state index in [1.807, 2.05) is 18.2 Å². The molecule has 62 valence electrons.